The van der Waals surface area contributed by atoms with E-state index in [0.717, 1.165) is 4.90 Å². The van der Waals surface area contributed by atoms with Crippen LogP contribution in [-0.2, 0) is 16.1 Å². The molecule has 3 aromatic rings. The highest BCUT2D eigenvalue weighted by molar-refractivity contribution is 6.21. The van der Waals surface area contributed by atoms with Crippen LogP contribution in [0.4, 0.5) is 10.5 Å². The molecule has 0 aromatic heterocycles. The number of para-hydroxylation sites is 1. The summed E-state index contributed by atoms with van der Waals surface area (Å²) in [6.07, 6.45) is -0.904. The Bertz CT molecular complexity index is 1350. The fraction of sp³-hybridized carbons (Fsp3) is 0.179. The van der Waals surface area contributed by atoms with Crippen LogP contribution in [0.15, 0.2) is 72.8 Å². The van der Waals surface area contributed by atoms with Gasteiger partial charge in [0.05, 0.1) is 17.7 Å². The van der Waals surface area contributed by atoms with Crippen molar-refractivity contribution in [3.05, 3.63) is 95.1 Å². The first-order valence-corrected chi connectivity index (χ1v) is 11.9. The number of hydrogen-bond acceptors (Lipinski definition) is 7. The van der Waals surface area contributed by atoms with E-state index < -0.39 is 18.0 Å². The molecule has 1 aliphatic rings. The maximum Gasteiger partial charge on any atom is 0.513 e. The average Bonchev–Trinajstić information content (AvgIpc) is 3.16. The molecule has 0 saturated carbocycles. The molecule has 0 atom stereocenters. The van der Waals surface area contributed by atoms with Gasteiger partial charge in [-0.05, 0) is 55.0 Å². The number of nitrogens with one attached hydrogen (secondary N) is 2. The van der Waals surface area contributed by atoms with Gasteiger partial charge in [-0.3, -0.25) is 24.1 Å². The van der Waals surface area contributed by atoms with Gasteiger partial charge in [0, 0.05) is 30.8 Å². The second-order valence-electron chi connectivity index (χ2n) is 8.25. The van der Waals surface area contributed by atoms with E-state index in [9.17, 15) is 24.0 Å². The number of benzene rings is 3. The molecule has 0 fully saturated rings. The smallest absolute Gasteiger partial charge is 0.434 e. The summed E-state index contributed by atoms with van der Waals surface area (Å²) in [6, 6.07) is 19.5. The Hall–Kier alpha value is -4.99. The van der Waals surface area contributed by atoms with E-state index in [0.29, 0.717) is 27.9 Å². The zero-order valence-electron chi connectivity index (χ0n) is 20.6. The van der Waals surface area contributed by atoms with E-state index in [2.05, 4.69) is 10.6 Å². The van der Waals surface area contributed by atoms with Gasteiger partial charge in [0.15, 0.2) is 0 Å². The van der Waals surface area contributed by atoms with Crippen LogP contribution >= 0.6 is 0 Å². The molecule has 0 unspecified atom stereocenters. The first kappa shape index (κ1) is 26.1. The van der Waals surface area contributed by atoms with Crippen molar-refractivity contribution in [2.24, 2.45) is 0 Å². The largest absolute Gasteiger partial charge is 0.513 e. The number of ether oxygens (including phenoxy) is 2. The zero-order chi connectivity index (χ0) is 27.1. The van der Waals surface area contributed by atoms with Gasteiger partial charge in [-0.2, -0.15) is 0 Å². The van der Waals surface area contributed by atoms with Crippen molar-refractivity contribution in [1.82, 2.24) is 10.2 Å². The number of fused-ring (bicyclic) bond motifs is 1. The third-order valence-electron chi connectivity index (χ3n) is 5.75. The van der Waals surface area contributed by atoms with E-state index in [1.54, 1.807) is 55.5 Å². The SMILES string of the molecule is CCOC(=O)Oc1ccc(C(=O)NCc2ccccc2NC(=O)CCN2C(=O)c3ccccc3C2=O)cc1. The maximum atomic E-state index is 12.6. The van der Waals surface area contributed by atoms with Crippen LogP contribution in [0.25, 0.3) is 0 Å². The minimum Gasteiger partial charge on any atom is -0.434 e. The summed E-state index contributed by atoms with van der Waals surface area (Å²) in [4.78, 5) is 62.7. The van der Waals surface area contributed by atoms with Gasteiger partial charge in [0.25, 0.3) is 17.7 Å². The molecule has 4 amide bonds. The highest BCUT2D eigenvalue weighted by Gasteiger charge is 2.35. The third kappa shape index (κ3) is 6.04. The van der Waals surface area contributed by atoms with E-state index >= 15 is 0 Å². The average molecular weight is 516 g/mol. The lowest BCUT2D eigenvalue weighted by Gasteiger charge is -2.15. The minimum absolute atomic E-state index is 0.0487. The Kier molecular flexibility index (Phi) is 8.12. The molecule has 0 spiro atoms. The number of carbonyl (C=O) groups excluding carboxylic acids is 5. The normalized spacial score (nSPS) is 12.1. The van der Waals surface area contributed by atoms with E-state index in [-0.39, 0.29) is 43.7 Å². The van der Waals surface area contributed by atoms with Crippen LogP contribution in [0.1, 0.15) is 50.0 Å². The van der Waals surface area contributed by atoms with Crippen LogP contribution in [0.3, 0.4) is 0 Å². The van der Waals surface area contributed by atoms with Gasteiger partial charge in [0.2, 0.25) is 5.91 Å². The topological polar surface area (TPSA) is 131 Å². The quantitative estimate of drug-likeness (QED) is 0.252. The van der Waals surface area contributed by atoms with Crippen molar-refractivity contribution in [2.45, 2.75) is 19.9 Å². The van der Waals surface area contributed by atoms with Crippen molar-refractivity contribution < 1.29 is 33.4 Å². The van der Waals surface area contributed by atoms with Crippen molar-refractivity contribution in [3.63, 3.8) is 0 Å². The number of hydrogen-bond donors (Lipinski definition) is 2. The second-order valence-corrected chi connectivity index (χ2v) is 8.25. The molecule has 10 nitrogen and oxygen atoms in total. The van der Waals surface area contributed by atoms with E-state index in [1.807, 2.05) is 0 Å². The fourth-order valence-corrected chi connectivity index (χ4v) is 3.86. The Morgan fingerprint density at radius 3 is 2.13 bits per heavy atom. The van der Waals surface area contributed by atoms with Gasteiger partial charge in [0.1, 0.15) is 5.75 Å². The Labute approximate surface area is 218 Å². The van der Waals surface area contributed by atoms with E-state index in [1.165, 1.54) is 24.3 Å². The molecule has 0 radical (unpaired) electrons. The zero-order valence-corrected chi connectivity index (χ0v) is 20.6. The number of amides is 4. The molecule has 38 heavy (non-hydrogen) atoms. The first-order valence-electron chi connectivity index (χ1n) is 11.9. The highest BCUT2D eigenvalue weighted by atomic mass is 16.7. The molecular formula is C28H25N3O7. The summed E-state index contributed by atoms with van der Waals surface area (Å²) in [6.45, 7) is 1.94. The summed E-state index contributed by atoms with van der Waals surface area (Å²) in [7, 11) is 0. The van der Waals surface area contributed by atoms with E-state index in [4.69, 9.17) is 9.47 Å². The second kappa shape index (κ2) is 11.8. The monoisotopic (exact) mass is 515 g/mol. The number of nitrogens with zero attached hydrogens (tertiary/aromatic N) is 1. The Balaban J connectivity index is 1.30. The summed E-state index contributed by atoms with van der Waals surface area (Å²) in [5.41, 5.74) is 2.18. The molecule has 10 heteroatoms. The number of anilines is 1. The minimum atomic E-state index is -0.827. The van der Waals surface area contributed by atoms with Crippen molar-refractivity contribution in [1.29, 1.82) is 0 Å². The fourth-order valence-electron chi connectivity index (χ4n) is 3.86. The lowest BCUT2D eigenvalue weighted by Crippen LogP contribution is -2.33. The Morgan fingerprint density at radius 1 is 0.842 bits per heavy atom. The van der Waals surface area contributed by atoms with Crippen molar-refractivity contribution in [3.8, 4) is 5.75 Å². The summed E-state index contributed by atoms with van der Waals surface area (Å²) in [5.74, 6) is -1.32. The van der Waals surface area contributed by atoms with Crippen LogP contribution in [0, 0.1) is 0 Å². The third-order valence-corrected chi connectivity index (χ3v) is 5.75. The van der Waals surface area contributed by atoms with Crippen LogP contribution in [0.5, 0.6) is 5.75 Å². The number of imide groups is 1. The molecule has 1 heterocycles. The highest BCUT2D eigenvalue weighted by Crippen LogP contribution is 2.23. The lowest BCUT2D eigenvalue weighted by atomic mass is 10.1. The standard InChI is InChI=1S/C28H25N3O7/c1-2-37-28(36)38-20-13-11-18(12-14-20)25(33)29-17-19-7-3-6-10-23(19)30-24(32)15-16-31-26(34)21-8-4-5-9-22(21)27(31)35/h3-14H,2,15-17H2,1H3,(H,29,33)(H,30,32). The molecule has 194 valence electrons. The van der Waals surface area contributed by atoms with Crippen LogP contribution < -0.4 is 15.4 Å². The predicted molar refractivity (Wildman–Crippen MR) is 137 cm³/mol. The van der Waals surface area contributed by atoms with Gasteiger partial charge in [-0.15, -0.1) is 0 Å². The van der Waals surface area contributed by atoms with Crippen LogP contribution in [-0.4, -0.2) is 47.8 Å². The van der Waals surface area contributed by atoms with Gasteiger partial charge in [-0.1, -0.05) is 30.3 Å². The van der Waals surface area contributed by atoms with Gasteiger partial charge in [-0.25, -0.2) is 4.79 Å². The Morgan fingerprint density at radius 2 is 1.47 bits per heavy atom. The summed E-state index contributed by atoms with van der Waals surface area (Å²) in [5, 5.41) is 5.57. The molecule has 3 aromatic carbocycles. The molecular weight excluding hydrogens is 490 g/mol. The molecule has 4 rings (SSSR count). The molecule has 2 N–H and O–H groups in total. The summed E-state index contributed by atoms with van der Waals surface area (Å²) < 4.78 is 9.69. The van der Waals surface area contributed by atoms with Gasteiger partial charge >= 0.3 is 6.16 Å². The maximum absolute atomic E-state index is 12.6. The van der Waals surface area contributed by atoms with Crippen molar-refractivity contribution >= 4 is 35.5 Å². The van der Waals surface area contributed by atoms with Gasteiger partial charge < -0.3 is 20.1 Å². The van der Waals surface area contributed by atoms with Crippen LogP contribution in [0.2, 0.25) is 0 Å². The lowest BCUT2D eigenvalue weighted by molar-refractivity contribution is -0.116. The first-order chi connectivity index (χ1) is 18.4. The summed E-state index contributed by atoms with van der Waals surface area (Å²) >= 11 is 0. The van der Waals surface area contributed by atoms with Crippen molar-refractivity contribution in [2.75, 3.05) is 18.5 Å². The molecule has 0 aliphatic carbocycles. The molecule has 1 aliphatic heterocycles. The number of carbonyl (C=O) groups is 5. The molecule has 0 saturated heterocycles. The number of rotatable bonds is 9. The molecule has 0 bridgehead atoms. The predicted octanol–water partition coefficient (Wildman–Crippen LogP) is 3.78.